The third kappa shape index (κ3) is 4.85. The summed E-state index contributed by atoms with van der Waals surface area (Å²) in [5, 5.41) is 10.8. The van der Waals surface area contributed by atoms with Crippen molar-refractivity contribution in [2.24, 2.45) is 16.8 Å². The van der Waals surface area contributed by atoms with Gasteiger partial charge in [0, 0.05) is 31.6 Å². The van der Waals surface area contributed by atoms with E-state index in [1.54, 1.807) is 12.1 Å². The fraction of sp³-hybridized carbons (Fsp3) is 0.562. The maximum atomic E-state index is 10.8. The summed E-state index contributed by atoms with van der Waals surface area (Å²) in [7, 11) is 2.04. The molecule has 0 radical (unpaired) electrons. The van der Waals surface area contributed by atoms with Crippen LogP contribution in [0, 0.1) is 28.9 Å². The molecule has 5 heteroatoms. The fourth-order valence-corrected chi connectivity index (χ4v) is 2.30. The van der Waals surface area contributed by atoms with Crippen molar-refractivity contribution in [2.75, 3.05) is 13.6 Å². The lowest BCUT2D eigenvalue weighted by Crippen LogP contribution is -2.33. The Morgan fingerprint density at radius 3 is 2.38 bits per heavy atom. The van der Waals surface area contributed by atoms with Crippen LogP contribution >= 0.6 is 0 Å². The van der Waals surface area contributed by atoms with Gasteiger partial charge in [-0.25, -0.2) is 4.99 Å². The van der Waals surface area contributed by atoms with Crippen molar-refractivity contribution < 1.29 is 4.92 Å². The molecule has 0 bridgehead atoms. The molecule has 0 atom stereocenters. The van der Waals surface area contributed by atoms with Crippen LogP contribution in [0.15, 0.2) is 23.2 Å². The van der Waals surface area contributed by atoms with Crippen LogP contribution in [0.2, 0.25) is 0 Å². The Kier molecular flexibility index (Phi) is 5.88. The molecule has 0 aliphatic rings. The highest BCUT2D eigenvalue weighted by atomic mass is 16.6. The van der Waals surface area contributed by atoms with E-state index in [-0.39, 0.29) is 10.6 Å². The van der Waals surface area contributed by atoms with Gasteiger partial charge in [-0.05, 0) is 24.5 Å². The number of aryl methyl sites for hydroxylation is 1. The zero-order valence-corrected chi connectivity index (χ0v) is 13.8. The second kappa shape index (κ2) is 7.20. The lowest BCUT2D eigenvalue weighted by molar-refractivity contribution is -0.384. The molecule has 1 aromatic rings. The first kappa shape index (κ1) is 17.1. The van der Waals surface area contributed by atoms with E-state index in [1.165, 1.54) is 6.07 Å². The highest BCUT2D eigenvalue weighted by Gasteiger charge is 2.14. The van der Waals surface area contributed by atoms with Crippen molar-refractivity contribution in [3.63, 3.8) is 0 Å². The van der Waals surface area contributed by atoms with E-state index in [4.69, 9.17) is 4.99 Å². The number of nitrogens with zero attached hydrogens (tertiary/aromatic N) is 3. The largest absolute Gasteiger partial charge is 0.363 e. The molecular formula is C16H25N3O2. The number of hydrogen-bond acceptors (Lipinski definition) is 3. The van der Waals surface area contributed by atoms with Crippen molar-refractivity contribution >= 4 is 17.2 Å². The number of non-ortho nitro benzene ring substituents is 1. The number of aliphatic imine (C=N–C) groups is 1. The Morgan fingerprint density at radius 2 is 1.95 bits per heavy atom. The van der Waals surface area contributed by atoms with Gasteiger partial charge in [-0.3, -0.25) is 10.1 Å². The zero-order chi connectivity index (χ0) is 16.2. The molecule has 0 aromatic heterocycles. The van der Waals surface area contributed by atoms with Gasteiger partial charge in [0.1, 0.15) is 5.84 Å². The highest BCUT2D eigenvalue weighted by molar-refractivity contribution is 5.86. The van der Waals surface area contributed by atoms with Crippen LogP contribution in [0.1, 0.15) is 33.3 Å². The number of nitro benzene ring substituents is 1. The molecule has 21 heavy (non-hydrogen) atoms. The lowest BCUT2D eigenvalue weighted by atomic mass is 10.1. The minimum absolute atomic E-state index is 0.105. The van der Waals surface area contributed by atoms with Crippen LogP contribution in [-0.2, 0) is 0 Å². The first-order chi connectivity index (χ1) is 9.72. The van der Waals surface area contributed by atoms with Gasteiger partial charge in [-0.2, -0.15) is 0 Å². The molecule has 5 nitrogen and oxygen atoms in total. The van der Waals surface area contributed by atoms with Crippen LogP contribution in [-0.4, -0.2) is 29.3 Å². The monoisotopic (exact) mass is 291 g/mol. The van der Waals surface area contributed by atoms with Gasteiger partial charge in [-0.15, -0.1) is 0 Å². The minimum Gasteiger partial charge on any atom is -0.363 e. The van der Waals surface area contributed by atoms with Crippen LogP contribution in [0.5, 0.6) is 0 Å². The van der Waals surface area contributed by atoms with Crippen molar-refractivity contribution in [2.45, 2.75) is 34.6 Å². The molecule has 0 spiro atoms. The molecule has 1 rings (SSSR count). The van der Waals surface area contributed by atoms with Crippen molar-refractivity contribution in [1.82, 2.24) is 4.90 Å². The average Bonchev–Trinajstić information content (AvgIpc) is 2.35. The van der Waals surface area contributed by atoms with Crippen LogP contribution in [0.25, 0.3) is 0 Å². The number of rotatable bonds is 5. The summed E-state index contributed by atoms with van der Waals surface area (Å²) in [5.74, 6) is 1.85. The molecule has 1 aromatic carbocycles. The highest BCUT2D eigenvalue weighted by Crippen LogP contribution is 2.25. The van der Waals surface area contributed by atoms with Gasteiger partial charge >= 0.3 is 0 Å². The number of benzene rings is 1. The van der Waals surface area contributed by atoms with E-state index in [0.29, 0.717) is 11.8 Å². The van der Waals surface area contributed by atoms with Crippen molar-refractivity contribution in [1.29, 1.82) is 0 Å². The van der Waals surface area contributed by atoms with E-state index in [1.807, 2.05) is 14.0 Å². The third-order valence-electron chi connectivity index (χ3n) is 3.17. The lowest BCUT2D eigenvalue weighted by Gasteiger charge is -2.26. The predicted molar refractivity (Wildman–Crippen MR) is 87.2 cm³/mol. The maximum absolute atomic E-state index is 10.8. The summed E-state index contributed by atoms with van der Waals surface area (Å²) in [4.78, 5) is 17.3. The Bertz CT molecular complexity index is 536. The molecule has 0 saturated carbocycles. The van der Waals surface area contributed by atoms with E-state index in [0.717, 1.165) is 23.6 Å². The number of amidine groups is 1. The van der Waals surface area contributed by atoms with Gasteiger partial charge in [0.2, 0.25) is 0 Å². The molecule has 0 aliphatic carbocycles. The van der Waals surface area contributed by atoms with E-state index in [9.17, 15) is 10.1 Å². The quantitative estimate of drug-likeness (QED) is 0.354. The molecule has 0 fully saturated rings. The summed E-state index contributed by atoms with van der Waals surface area (Å²) >= 11 is 0. The predicted octanol–water partition coefficient (Wildman–Crippen LogP) is 4.18. The van der Waals surface area contributed by atoms with Gasteiger partial charge in [-0.1, -0.05) is 27.7 Å². The Labute approximate surface area is 126 Å². The van der Waals surface area contributed by atoms with Gasteiger partial charge in [0.05, 0.1) is 10.6 Å². The molecule has 0 amide bonds. The second-order valence-electron chi connectivity index (χ2n) is 6.13. The topological polar surface area (TPSA) is 58.7 Å². The van der Waals surface area contributed by atoms with Gasteiger partial charge < -0.3 is 4.90 Å². The zero-order valence-electron chi connectivity index (χ0n) is 13.8. The standard InChI is InChI=1S/C16H25N3O2/c1-11(2)10-18(6)16(12(3)4)17-15-8-7-14(19(20)21)9-13(15)5/h7-9,11-12H,10H2,1-6H3/b17-16+. The molecular weight excluding hydrogens is 266 g/mol. The van der Waals surface area contributed by atoms with Crippen LogP contribution in [0.4, 0.5) is 11.4 Å². The molecule has 116 valence electrons. The van der Waals surface area contributed by atoms with E-state index >= 15 is 0 Å². The Balaban J connectivity index is 3.14. The molecule has 0 N–H and O–H groups in total. The van der Waals surface area contributed by atoms with Gasteiger partial charge in [0.25, 0.3) is 5.69 Å². The molecule has 0 saturated heterocycles. The van der Waals surface area contributed by atoms with Crippen LogP contribution < -0.4 is 0 Å². The molecule has 0 unspecified atom stereocenters. The average molecular weight is 291 g/mol. The van der Waals surface area contributed by atoms with E-state index < -0.39 is 0 Å². The summed E-state index contributed by atoms with van der Waals surface area (Å²) in [6.45, 7) is 11.3. The second-order valence-corrected chi connectivity index (χ2v) is 6.13. The fourth-order valence-electron chi connectivity index (χ4n) is 2.30. The first-order valence-corrected chi connectivity index (χ1v) is 7.27. The van der Waals surface area contributed by atoms with Crippen molar-refractivity contribution in [3.8, 4) is 0 Å². The summed E-state index contributed by atoms with van der Waals surface area (Å²) in [6.07, 6.45) is 0. The Hall–Kier alpha value is -1.91. The minimum atomic E-state index is -0.380. The van der Waals surface area contributed by atoms with Crippen molar-refractivity contribution in [3.05, 3.63) is 33.9 Å². The summed E-state index contributed by atoms with van der Waals surface area (Å²) in [5.41, 5.74) is 1.72. The number of hydrogen-bond donors (Lipinski definition) is 0. The first-order valence-electron chi connectivity index (χ1n) is 7.27. The molecule has 0 aliphatic heterocycles. The summed E-state index contributed by atoms with van der Waals surface area (Å²) in [6, 6.07) is 4.80. The Morgan fingerprint density at radius 1 is 1.33 bits per heavy atom. The van der Waals surface area contributed by atoms with E-state index in [2.05, 4.69) is 32.6 Å². The smallest absolute Gasteiger partial charge is 0.269 e. The van der Waals surface area contributed by atoms with Crippen LogP contribution in [0.3, 0.4) is 0 Å². The third-order valence-corrected chi connectivity index (χ3v) is 3.17. The SMILES string of the molecule is Cc1cc([N+](=O)[O-])ccc1/N=C(\C(C)C)N(C)CC(C)C. The summed E-state index contributed by atoms with van der Waals surface area (Å²) < 4.78 is 0. The number of nitro groups is 1. The van der Waals surface area contributed by atoms with Gasteiger partial charge in [0.15, 0.2) is 0 Å². The molecule has 0 heterocycles. The maximum Gasteiger partial charge on any atom is 0.269 e. The normalized spacial score (nSPS) is 12.1.